The fraction of sp³-hybridized carbons (Fsp3) is 0.417. The van der Waals surface area contributed by atoms with E-state index >= 15 is 0 Å². The monoisotopic (exact) mass is 382 g/mol. The van der Waals surface area contributed by atoms with Crippen LogP contribution in [0.2, 0.25) is 0 Å². The van der Waals surface area contributed by atoms with Crippen molar-refractivity contribution in [2.45, 2.75) is 59.3 Å². The molecule has 0 saturated carbocycles. The van der Waals surface area contributed by atoms with Crippen LogP contribution in [-0.4, -0.2) is 18.5 Å². The lowest BCUT2D eigenvalue weighted by molar-refractivity contribution is 0.0489. The fourth-order valence-corrected chi connectivity index (χ4v) is 3.12. The molecule has 0 N–H and O–H groups in total. The molecule has 0 unspecified atom stereocenters. The Bertz CT molecular complexity index is 775. The summed E-state index contributed by atoms with van der Waals surface area (Å²) in [6, 6.07) is 12.2. The minimum atomic E-state index is -0.558. The quantitative estimate of drug-likeness (QED) is 0.285. The van der Waals surface area contributed by atoms with E-state index in [-0.39, 0.29) is 11.1 Å². The predicted molar refractivity (Wildman–Crippen MR) is 111 cm³/mol. The normalized spacial score (nSPS) is 10.5. The minimum absolute atomic E-state index is 0.217. The number of unbranched alkanes of at least 4 members (excludes halogenated alkanes) is 5. The molecule has 0 heterocycles. The van der Waals surface area contributed by atoms with E-state index in [4.69, 9.17) is 9.47 Å². The van der Waals surface area contributed by atoms with Gasteiger partial charge in [-0.05, 0) is 55.7 Å². The Morgan fingerprint density at radius 3 is 2.00 bits per heavy atom. The Morgan fingerprint density at radius 1 is 0.786 bits per heavy atom. The van der Waals surface area contributed by atoms with E-state index in [2.05, 4.69) is 6.92 Å². The molecular weight excluding hydrogens is 352 g/mol. The molecule has 0 saturated heterocycles. The van der Waals surface area contributed by atoms with E-state index in [1.54, 1.807) is 36.4 Å². The molecule has 0 amide bonds. The molecule has 28 heavy (non-hydrogen) atoms. The molecule has 150 valence electrons. The van der Waals surface area contributed by atoms with Crippen molar-refractivity contribution < 1.29 is 19.1 Å². The molecule has 4 nitrogen and oxygen atoms in total. The number of benzene rings is 2. The van der Waals surface area contributed by atoms with Gasteiger partial charge in [0.15, 0.2) is 0 Å². The number of aryl methyl sites for hydroxylation is 2. The Morgan fingerprint density at radius 2 is 1.36 bits per heavy atom. The number of hydrogen-bond acceptors (Lipinski definition) is 4. The Kier molecular flexibility index (Phi) is 8.73. The molecule has 2 rings (SSSR count). The Labute approximate surface area is 167 Å². The molecule has 0 aromatic heterocycles. The van der Waals surface area contributed by atoms with E-state index in [1.165, 1.54) is 19.3 Å². The van der Waals surface area contributed by atoms with E-state index in [0.29, 0.717) is 12.4 Å². The van der Waals surface area contributed by atoms with Crippen LogP contribution >= 0.6 is 0 Å². The van der Waals surface area contributed by atoms with Crippen molar-refractivity contribution >= 4 is 11.9 Å². The average Bonchev–Trinajstić information content (AvgIpc) is 2.66. The van der Waals surface area contributed by atoms with Gasteiger partial charge in [0.25, 0.3) is 0 Å². The number of hydrogen-bond donors (Lipinski definition) is 0. The van der Waals surface area contributed by atoms with Crippen LogP contribution in [0.15, 0.2) is 42.5 Å². The summed E-state index contributed by atoms with van der Waals surface area (Å²) < 4.78 is 10.9. The van der Waals surface area contributed by atoms with Crippen molar-refractivity contribution in [3.63, 3.8) is 0 Å². The maximum atomic E-state index is 12.6. The predicted octanol–water partition coefficient (Wildman–Crippen LogP) is 6.04. The zero-order valence-electron chi connectivity index (χ0n) is 17.1. The smallest absolute Gasteiger partial charge is 0.344 e. The molecular formula is C24H30O4. The summed E-state index contributed by atoms with van der Waals surface area (Å²) in [7, 11) is 0. The average molecular weight is 383 g/mol. The van der Waals surface area contributed by atoms with Crippen LogP contribution in [0.5, 0.6) is 5.75 Å². The van der Waals surface area contributed by atoms with Crippen LogP contribution in [0.3, 0.4) is 0 Å². The summed E-state index contributed by atoms with van der Waals surface area (Å²) in [5.41, 5.74) is 2.47. The topological polar surface area (TPSA) is 52.6 Å². The highest BCUT2D eigenvalue weighted by Gasteiger charge is 2.19. The van der Waals surface area contributed by atoms with Gasteiger partial charge < -0.3 is 9.47 Å². The highest BCUT2D eigenvalue weighted by molar-refractivity contribution is 6.03. The van der Waals surface area contributed by atoms with Gasteiger partial charge in [0.05, 0.1) is 17.7 Å². The first-order chi connectivity index (χ1) is 13.5. The van der Waals surface area contributed by atoms with Crippen LogP contribution in [0.4, 0.5) is 0 Å². The van der Waals surface area contributed by atoms with Crippen LogP contribution in [0.25, 0.3) is 0 Å². The Hall–Kier alpha value is -2.62. The summed E-state index contributed by atoms with van der Waals surface area (Å²) in [6.45, 7) is 6.44. The summed E-state index contributed by atoms with van der Waals surface area (Å²) in [5.74, 6) is -0.573. The second kappa shape index (κ2) is 11.3. The lowest BCUT2D eigenvalue weighted by Gasteiger charge is -2.10. The van der Waals surface area contributed by atoms with Gasteiger partial charge >= 0.3 is 11.9 Å². The van der Waals surface area contributed by atoms with E-state index in [9.17, 15) is 9.59 Å². The van der Waals surface area contributed by atoms with Gasteiger partial charge in [-0.3, -0.25) is 0 Å². The second-order valence-corrected chi connectivity index (χ2v) is 7.16. The largest absolute Gasteiger partial charge is 0.462 e. The van der Waals surface area contributed by atoms with Crippen molar-refractivity contribution in [2.75, 3.05) is 6.61 Å². The highest BCUT2D eigenvalue weighted by atomic mass is 16.5. The van der Waals surface area contributed by atoms with Gasteiger partial charge in [0.1, 0.15) is 5.75 Å². The summed E-state index contributed by atoms with van der Waals surface area (Å²) in [6.07, 6.45) is 6.72. The van der Waals surface area contributed by atoms with Crippen LogP contribution in [-0.2, 0) is 4.74 Å². The lowest BCUT2D eigenvalue weighted by atomic mass is 10.1. The van der Waals surface area contributed by atoms with Crippen LogP contribution < -0.4 is 4.74 Å². The van der Waals surface area contributed by atoms with Gasteiger partial charge in [-0.1, -0.05) is 57.2 Å². The molecule has 0 aliphatic heterocycles. The van der Waals surface area contributed by atoms with Gasteiger partial charge in [0, 0.05) is 0 Å². The standard InChI is InChI=1S/C24H30O4/c1-4-5-6-7-8-11-14-27-23(25)21-12-9-10-13-22(21)24(26)28-20-16-18(2)15-19(3)17-20/h9-10,12-13,15-17H,4-8,11,14H2,1-3H3. The number of rotatable bonds is 10. The van der Waals surface area contributed by atoms with E-state index in [1.807, 2.05) is 19.9 Å². The highest BCUT2D eigenvalue weighted by Crippen LogP contribution is 2.19. The molecule has 0 fully saturated rings. The second-order valence-electron chi connectivity index (χ2n) is 7.16. The van der Waals surface area contributed by atoms with Gasteiger partial charge in [-0.25, -0.2) is 9.59 Å². The molecule has 2 aromatic rings. The third-order valence-electron chi connectivity index (χ3n) is 4.50. The van der Waals surface area contributed by atoms with Crippen LogP contribution in [0, 0.1) is 13.8 Å². The molecule has 0 bridgehead atoms. The molecule has 0 spiro atoms. The van der Waals surface area contributed by atoms with Crippen molar-refractivity contribution in [3.8, 4) is 5.75 Å². The van der Waals surface area contributed by atoms with Gasteiger partial charge in [-0.2, -0.15) is 0 Å². The first-order valence-electron chi connectivity index (χ1n) is 10.1. The van der Waals surface area contributed by atoms with Crippen molar-refractivity contribution in [1.29, 1.82) is 0 Å². The first kappa shape index (κ1) is 21.7. The first-order valence-corrected chi connectivity index (χ1v) is 10.1. The summed E-state index contributed by atoms with van der Waals surface area (Å²) in [5, 5.41) is 0. The molecule has 0 atom stereocenters. The maximum absolute atomic E-state index is 12.6. The lowest BCUT2D eigenvalue weighted by Crippen LogP contribution is -2.16. The number of ether oxygens (including phenoxy) is 2. The molecule has 2 aromatic carbocycles. The van der Waals surface area contributed by atoms with E-state index < -0.39 is 11.9 Å². The maximum Gasteiger partial charge on any atom is 0.344 e. The van der Waals surface area contributed by atoms with Gasteiger partial charge in [0.2, 0.25) is 0 Å². The van der Waals surface area contributed by atoms with E-state index in [0.717, 1.165) is 30.4 Å². The Balaban J connectivity index is 1.95. The zero-order valence-corrected chi connectivity index (χ0v) is 17.1. The van der Waals surface area contributed by atoms with Crippen molar-refractivity contribution in [3.05, 3.63) is 64.7 Å². The molecule has 4 heteroatoms. The molecule has 0 aliphatic carbocycles. The third kappa shape index (κ3) is 6.84. The van der Waals surface area contributed by atoms with Crippen molar-refractivity contribution in [1.82, 2.24) is 0 Å². The number of carbonyl (C=O) groups excluding carboxylic acids is 2. The molecule has 0 radical (unpaired) electrons. The third-order valence-corrected chi connectivity index (χ3v) is 4.50. The summed E-state index contributed by atoms with van der Waals surface area (Å²) >= 11 is 0. The SMILES string of the molecule is CCCCCCCCOC(=O)c1ccccc1C(=O)Oc1cc(C)cc(C)c1. The number of carbonyl (C=O) groups is 2. The minimum Gasteiger partial charge on any atom is -0.462 e. The van der Waals surface area contributed by atoms with Gasteiger partial charge in [-0.15, -0.1) is 0 Å². The number of esters is 2. The fourth-order valence-electron chi connectivity index (χ4n) is 3.12. The van der Waals surface area contributed by atoms with Crippen molar-refractivity contribution in [2.24, 2.45) is 0 Å². The zero-order chi connectivity index (χ0) is 20.4. The van der Waals surface area contributed by atoms with Crippen LogP contribution in [0.1, 0.15) is 77.3 Å². The summed E-state index contributed by atoms with van der Waals surface area (Å²) in [4.78, 5) is 25.0. The molecule has 0 aliphatic rings.